The maximum absolute atomic E-state index is 13.4. The molecule has 1 aliphatic heterocycles. The lowest BCUT2D eigenvalue weighted by atomic mass is 9.95. The average Bonchev–Trinajstić information content (AvgIpc) is 3.13. The van der Waals surface area contributed by atoms with Gasteiger partial charge in [-0.2, -0.15) is 27.1 Å². The number of hydrogen-bond acceptors (Lipinski definition) is 6. The number of aromatic nitrogens is 2. The molecule has 0 aliphatic carbocycles. The molecule has 6 nitrogen and oxygen atoms in total. The molecule has 2 unspecified atom stereocenters. The molecule has 1 saturated heterocycles. The van der Waals surface area contributed by atoms with Gasteiger partial charge in [-0.25, -0.2) is 8.42 Å². The van der Waals surface area contributed by atoms with Crippen LogP contribution in [0.3, 0.4) is 0 Å². The van der Waals surface area contributed by atoms with Crippen molar-refractivity contribution in [1.82, 2.24) is 9.78 Å². The average molecular weight is 515 g/mol. The van der Waals surface area contributed by atoms with Crippen LogP contribution in [-0.2, 0) is 32.0 Å². The summed E-state index contributed by atoms with van der Waals surface area (Å²) in [5, 5.41) is 4.18. The lowest BCUT2D eigenvalue weighted by Crippen LogP contribution is -2.42. The third-order valence-corrected chi connectivity index (χ3v) is 8.69. The first-order chi connectivity index (χ1) is 15.4. The summed E-state index contributed by atoms with van der Waals surface area (Å²) in [4.78, 5) is -0.428. The minimum atomic E-state index is -4.68. The highest BCUT2D eigenvalue weighted by Gasteiger charge is 2.46. The molecule has 33 heavy (non-hydrogen) atoms. The number of alkyl halides is 5. The Morgan fingerprint density at radius 3 is 2.70 bits per heavy atom. The molecule has 0 radical (unpaired) electrons. The lowest BCUT2D eigenvalue weighted by molar-refractivity contribution is -0.137. The van der Waals surface area contributed by atoms with E-state index in [0.29, 0.717) is 11.8 Å². The zero-order valence-corrected chi connectivity index (χ0v) is 19.4. The van der Waals surface area contributed by atoms with E-state index < -0.39 is 43.1 Å². The van der Waals surface area contributed by atoms with Crippen molar-refractivity contribution < 1.29 is 39.8 Å². The van der Waals surface area contributed by atoms with Crippen molar-refractivity contribution in [2.45, 2.75) is 59.0 Å². The monoisotopic (exact) mass is 514 g/mol. The molecule has 1 aromatic carbocycles. The zero-order chi connectivity index (χ0) is 24.4. The molecule has 0 spiro atoms. The van der Waals surface area contributed by atoms with E-state index in [1.807, 2.05) is 0 Å². The summed E-state index contributed by atoms with van der Waals surface area (Å²) in [6.07, 6.45) is -5.51. The van der Waals surface area contributed by atoms with Gasteiger partial charge in [0.2, 0.25) is 0 Å². The molecule has 2 atom stereocenters. The number of rotatable bonds is 8. The van der Waals surface area contributed by atoms with Gasteiger partial charge in [0.1, 0.15) is 11.1 Å². The van der Waals surface area contributed by atoms with Crippen molar-refractivity contribution in [2.75, 3.05) is 20.3 Å². The van der Waals surface area contributed by atoms with Gasteiger partial charge in [0, 0.05) is 13.7 Å². The Hall–Kier alpha value is -1.70. The second-order valence-electron chi connectivity index (χ2n) is 7.79. The molecule has 0 amide bonds. The highest BCUT2D eigenvalue weighted by atomic mass is 32.2. The highest BCUT2D eigenvalue weighted by Crippen LogP contribution is 2.43. The van der Waals surface area contributed by atoms with Gasteiger partial charge in [-0.1, -0.05) is 6.07 Å². The van der Waals surface area contributed by atoms with Crippen molar-refractivity contribution in [2.24, 2.45) is 0 Å². The first-order valence-corrected chi connectivity index (χ1v) is 12.3. The fourth-order valence-electron chi connectivity index (χ4n) is 3.70. The Balaban J connectivity index is 1.94. The van der Waals surface area contributed by atoms with E-state index in [1.54, 1.807) is 0 Å². The molecule has 2 aromatic rings. The van der Waals surface area contributed by atoms with E-state index in [2.05, 4.69) is 5.10 Å². The van der Waals surface area contributed by atoms with Crippen LogP contribution in [0.5, 0.6) is 0 Å². The zero-order valence-electron chi connectivity index (χ0n) is 17.8. The normalized spacial score (nSPS) is 22.1. The topological polar surface area (TPSA) is 70.4 Å². The fraction of sp³-hybridized carbons (Fsp3) is 0.550. The van der Waals surface area contributed by atoms with E-state index in [9.17, 15) is 30.4 Å². The molecule has 0 N–H and O–H groups in total. The van der Waals surface area contributed by atoms with E-state index in [0.717, 1.165) is 18.2 Å². The van der Waals surface area contributed by atoms with Crippen molar-refractivity contribution >= 4 is 21.6 Å². The van der Waals surface area contributed by atoms with Gasteiger partial charge >= 0.3 is 6.18 Å². The smallest absolute Gasteiger partial charge is 0.383 e. The maximum atomic E-state index is 13.4. The maximum Gasteiger partial charge on any atom is 0.416 e. The third kappa shape index (κ3) is 5.69. The molecule has 184 valence electrons. The summed E-state index contributed by atoms with van der Waals surface area (Å²) in [5.41, 5.74) is -0.651. The Morgan fingerprint density at radius 2 is 2.06 bits per heavy atom. The number of sulfone groups is 1. The number of ether oxygens (including phenoxy) is 2. The largest absolute Gasteiger partial charge is 0.416 e. The minimum Gasteiger partial charge on any atom is -0.383 e. The summed E-state index contributed by atoms with van der Waals surface area (Å²) in [6, 6.07) is 5.06. The standard InChI is InChI=1S/C20H23F5N2O4S2/c1-19(33(28,29)14-5-3-4-13(10-14)20(23,24)25)6-8-31-16(12-19)15-11-17(32-18(21)22)26-27(15)7-9-30-2/h3-5,10-11,16,18H,6-9,12H2,1-2H3. The van der Waals surface area contributed by atoms with Crippen LogP contribution in [0.15, 0.2) is 40.3 Å². The summed E-state index contributed by atoms with van der Waals surface area (Å²) < 4.78 is 103. The molecule has 1 aromatic heterocycles. The van der Waals surface area contributed by atoms with Crippen LogP contribution in [0.1, 0.15) is 37.1 Å². The van der Waals surface area contributed by atoms with Gasteiger partial charge in [-0.15, -0.1) is 0 Å². The SMILES string of the molecule is COCCn1nc(SC(F)F)cc1C1CC(C)(S(=O)(=O)c2cccc(C(F)(F)F)c2)CCO1. The van der Waals surface area contributed by atoms with Gasteiger partial charge in [0.15, 0.2) is 9.84 Å². The number of hydrogen-bond donors (Lipinski definition) is 0. The number of methoxy groups -OCH3 is 1. The summed E-state index contributed by atoms with van der Waals surface area (Å²) in [5.74, 6) is -2.69. The molecule has 2 heterocycles. The first-order valence-electron chi connectivity index (χ1n) is 9.92. The van der Waals surface area contributed by atoms with E-state index in [-0.39, 0.29) is 49.4 Å². The first kappa shape index (κ1) is 25.9. The van der Waals surface area contributed by atoms with Crippen molar-refractivity contribution in [3.63, 3.8) is 0 Å². The van der Waals surface area contributed by atoms with Crippen LogP contribution in [-0.4, -0.2) is 49.0 Å². The highest BCUT2D eigenvalue weighted by molar-refractivity contribution is 7.99. The van der Waals surface area contributed by atoms with Crippen molar-refractivity contribution in [3.8, 4) is 0 Å². The quantitative estimate of drug-likeness (QED) is 0.367. The summed E-state index contributed by atoms with van der Waals surface area (Å²) in [7, 11) is -2.72. The van der Waals surface area contributed by atoms with Gasteiger partial charge in [-0.05, 0) is 55.8 Å². The number of halogens is 5. The Kier molecular flexibility index (Phi) is 7.76. The predicted octanol–water partition coefficient (Wildman–Crippen LogP) is 4.95. The minimum absolute atomic E-state index is 0.0200. The Bertz CT molecular complexity index is 1070. The molecular weight excluding hydrogens is 491 g/mol. The predicted molar refractivity (Wildman–Crippen MR) is 111 cm³/mol. The van der Waals surface area contributed by atoms with Crippen LogP contribution in [0, 0.1) is 0 Å². The van der Waals surface area contributed by atoms with Gasteiger partial charge in [0.25, 0.3) is 5.76 Å². The van der Waals surface area contributed by atoms with Gasteiger partial charge < -0.3 is 9.47 Å². The van der Waals surface area contributed by atoms with Crippen LogP contribution in [0.25, 0.3) is 0 Å². The number of benzene rings is 1. The molecule has 1 aliphatic rings. The molecule has 0 saturated carbocycles. The van der Waals surface area contributed by atoms with E-state index in [4.69, 9.17) is 9.47 Å². The van der Waals surface area contributed by atoms with E-state index >= 15 is 0 Å². The Labute approximate surface area is 192 Å². The fourth-order valence-corrected chi connectivity index (χ4v) is 6.05. The summed E-state index contributed by atoms with van der Waals surface area (Å²) >= 11 is 0.251. The Morgan fingerprint density at radius 1 is 1.33 bits per heavy atom. The molecule has 13 heteroatoms. The van der Waals surface area contributed by atoms with Crippen LogP contribution in [0.2, 0.25) is 0 Å². The molecule has 3 rings (SSSR count). The van der Waals surface area contributed by atoms with Crippen molar-refractivity contribution in [3.05, 3.63) is 41.6 Å². The van der Waals surface area contributed by atoms with E-state index in [1.165, 1.54) is 24.8 Å². The van der Waals surface area contributed by atoms with Crippen molar-refractivity contribution in [1.29, 1.82) is 0 Å². The molecule has 1 fully saturated rings. The molecular formula is C20H23F5N2O4S2. The second-order valence-corrected chi connectivity index (χ2v) is 11.3. The van der Waals surface area contributed by atoms with Crippen LogP contribution in [0.4, 0.5) is 22.0 Å². The third-order valence-electron chi connectivity index (χ3n) is 5.52. The van der Waals surface area contributed by atoms with Gasteiger partial charge in [0.05, 0.1) is 34.1 Å². The second kappa shape index (κ2) is 9.88. The number of nitrogens with zero attached hydrogens (tertiary/aromatic N) is 2. The molecule has 0 bridgehead atoms. The van der Waals surface area contributed by atoms with Crippen LogP contribution < -0.4 is 0 Å². The van der Waals surface area contributed by atoms with Crippen LogP contribution >= 0.6 is 11.8 Å². The number of thioether (sulfide) groups is 1. The summed E-state index contributed by atoms with van der Waals surface area (Å²) in [6.45, 7) is 1.95. The lowest BCUT2D eigenvalue weighted by Gasteiger charge is -2.37. The van der Waals surface area contributed by atoms with Gasteiger partial charge in [-0.3, -0.25) is 4.68 Å².